The van der Waals surface area contributed by atoms with Gasteiger partial charge in [0.05, 0.1) is 34.1 Å². The normalized spacial score (nSPS) is 13.1. The van der Waals surface area contributed by atoms with E-state index >= 15 is 0 Å². The van der Waals surface area contributed by atoms with E-state index in [2.05, 4.69) is 143 Å². The molecule has 212 valence electrons. The molecule has 0 fully saturated rings. The fourth-order valence-corrected chi connectivity index (χ4v) is 8.71. The standard InChI is InChI=1S/C41H27N3S/c1-6-17-36-29(10-1)30-11-2-7-18-37(30)44(36)40-23-21-27(25-42-40)43-35-16-5-3-12-31(35)34-24-26(20-22-38(34)43)28-14-9-15-33-32-13-4-8-19-39(32)45-41(28)33/h1,3-10,12-25H,2,11H2. The van der Waals surface area contributed by atoms with E-state index in [4.69, 9.17) is 4.98 Å². The molecule has 0 aliphatic heterocycles. The molecule has 4 heteroatoms. The SMILES string of the molecule is C1=Cc2c(c3ccccc3n2-c2ccc(-n3c4ccccc4c4cc(-c5cccc6c5sc5ccccc56)ccc43)cn2)CC1. The Balaban J connectivity index is 1.14. The van der Waals surface area contributed by atoms with Crippen molar-refractivity contribution in [2.45, 2.75) is 12.8 Å². The van der Waals surface area contributed by atoms with E-state index in [0.29, 0.717) is 0 Å². The van der Waals surface area contributed by atoms with Crippen LogP contribution in [0.25, 0.3) is 81.6 Å². The van der Waals surface area contributed by atoms with E-state index in [9.17, 15) is 0 Å². The number of benzene rings is 5. The van der Waals surface area contributed by atoms with Crippen LogP contribution in [0.3, 0.4) is 0 Å². The zero-order valence-electron chi connectivity index (χ0n) is 24.4. The maximum atomic E-state index is 5.08. The van der Waals surface area contributed by atoms with Gasteiger partial charge in [-0.25, -0.2) is 4.98 Å². The molecule has 0 saturated carbocycles. The van der Waals surface area contributed by atoms with Gasteiger partial charge >= 0.3 is 0 Å². The van der Waals surface area contributed by atoms with Crippen LogP contribution in [0.15, 0.2) is 134 Å². The maximum absolute atomic E-state index is 5.08. The average Bonchev–Trinajstić information content (AvgIpc) is 3.76. The van der Waals surface area contributed by atoms with Crippen LogP contribution in [0.4, 0.5) is 0 Å². The highest BCUT2D eigenvalue weighted by molar-refractivity contribution is 7.26. The Morgan fingerprint density at radius 3 is 2.22 bits per heavy atom. The van der Waals surface area contributed by atoms with Gasteiger partial charge in [-0.2, -0.15) is 0 Å². The van der Waals surface area contributed by atoms with Crippen LogP contribution in [-0.2, 0) is 6.42 Å². The van der Waals surface area contributed by atoms with E-state index in [1.807, 2.05) is 17.5 Å². The summed E-state index contributed by atoms with van der Waals surface area (Å²) in [4.78, 5) is 5.08. The van der Waals surface area contributed by atoms with Crippen LogP contribution in [-0.4, -0.2) is 14.1 Å². The van der Waals surface area contributed by atoms with Crippen molar-refractivity contribution in [2.75, 3.05) is 0 Å². The lowest BCUT2D eigenvalue weighted by Crippen LogP contribution is -2.03. The molecule has 0 bridgehead atoms. The van der Waals surface area contributed by atoms with Gasteiger partial charge in [-0.05, 0) is 78.1 Å². The molecule has 9 aromatic rings. The van der Waals surface area contributed by atoms with Gasteiger partial charge in [-0.1, -0.05) is 84.9 Å². The number of aryl methyl sites for hydroxylation is 1. The first kappa shape index (κ1) is 24.9. The highest BCUT2D eigenvalue weighted by Gasteiger charge is 2.20. The highest BCUT2D eigenvalue weighted by atomic mass is 32.1. The molecule has 0 atom stereocenters. The molecule has 0 N–H and O–H groups in total. The zero-order chi connectivity index (χ0) is 29.5. The van der Waals surface area contributed by atoms with Gasteiger partial charge in [0, 0.05) is 36.3 Å². The third-order valence-corrected chi connectivity index (χ3v) is 10.7. The molecular weight excluding hydrogens is 567 g/mol. The van der Waals surface area contributed by atoms with Gasteiger partial charge in [-0.3, -0.25) is 4.57 Å². The van der Waals surface area contributed by atoms with Crippen molar-refractivity contribution in [1.29, 1.82) is 0 Å². The number of pyridine rings is 1. The number of hydrogen-bond donors (Lipinski definition) is 0. The Kier molecular flexibility index (Phi) is 5.28. The van der Waals surface area contributed by atoms with E-state index in [-0.39, 0.29) is 0 Å². The first-order valence-corrected chi connectivity index (χ1v) is 16.3. The van der Waals surface area contributed by atoms with Crippen LogP contribution in [0.2, 0.25) is 0 Å². The summed E-state index contributed by atoms with van der Waals surface area (Å²) in [6.07, 6.45) is 8.72. The lowest BCUT2D eigenvalue weighted by Gasteiger charge is -2.13. The van der Waals surface area contributed by atoms with Crippen LogP contribution in [0.5, 0.6) is 0 Å². The van der Waals surface area contributed by atoms with Crippen molar-refractivity contribution in [1.82, 2.24) is 14.1 Å². The van der Waals surface area contributed by atoms with E-state index in [1.54, 1.807) is 0 Å². The number of rotatable bonds is 3. The highest BCUT2D eigenvalue weighted by Crippen LogP contribution is 2.42. The summed E-state index contributed by atoms with van der Waals surface area (Å²) in [5.74, 6) is 0.947. The lowest BCUT2D eigenvalue weighted by atomic mass is 10.0. The Hall–Kier alpha value is -5.45. The predicted molar refractivity (Wildman–Crippen MR) is 191 cm³/mol. The maximum Gasteiger partial charge on any atom is 0.137 e. The lowest BCUT2D eigenvalue weighted by molar-refractivity contribution is 0.949. The second-order valence-corrected chi connectivity index (χ2v) is 12.9. The molecule has 4 aromatic heterocycles. The Labute approximate surface area is 263 Å². The molecule has 45 heavy (non-hydrogen) atoms. The summed E-state index contributed by atoms with van der Waals surface area (Å²) in [6.45, 7) is 0. The van der Waals surface area contributed by atoms with Crippen molar-refractivity contribution >= 4 is 70.3 Å². The summed E-state index contributed by atoms with van der Waals surface area (Å²) >= 11 is 1.88. The van der Waals surface area contributed by atoms with Crippen LogP contribution >= 0.6 is 11.3 Å². The number of aromatic nitrogens is 3. The van der Waals surface area contributed by atoms with Gasteiger partial charge in [0.2, 0.25) is 0 Å². The molecule has 1 aliphatic carbocycles. The third-order valence-electron chi connectivity index (χ3n) is 9.46. The van der Waals surface area contributed by atoms with Gasteiger partial charge in [0.1, 0.15) is 5.82 Å². The average molecular weight is 594 g/mol. The van der Waals surface area contributed by atoms with Crippen LogP contribution < -0.4 is 0 Å². The van der Waals surface area contributed by atoms with Crippen molar-refractivity contribution in [3.63, 3.8) is 0 Å². The molecule has 0 saturated heterocycles. The summed E-state index contributed by atoms with van der Waals surface area (Å²) in [5, 5.41) is 6.48. The Bertz CT molecular complexity index is 2650. The molecule has 0 radical (unpaired) electrons. The molecule has 4 heterocycles. The molecule has 5 aromatic carbocycles. The van der Waals surface area contributed by atoms with Crippen molar-refractivity contribution < 1.29 is 0 Å². The molecule has 10 rings (SSSR count). The van der Waals surface area contributed by atoms with E-state index in [0.717, 1.165) is 24.3 Å². The van der Waals surface area contributed by atoms with Crippen molar-refractivity contribution in [3.05, 3.63) is 145 Å². The molecule has 1 aliphatic rings. The predicted octanol–water partition coefficient (Wildman–Crippen LogP) is 11.1. The summed E-state index contributed by atoms with van der Waals surface area (Å²) in [6, 6.07) is 44.2. The topological polar surface area (TPSA) is 22.8 Å². The number of hydrogen-bond acceptors (Lipinski definition) is 2. The van der Waals surface area contributed by atoms with E-state index in [1.165, 1.54) is 75.3 Å². The first-order valence-electron chi connectivity index (χ1n) is 15.5. The molecular formula is C41H27N3S. The smallest absolute Gasteiger partial charge is 0.137 e. The van der Waals surface area contributed by atoms with Crippen LogP contribution in [0, 0.1) is 0 Å². The quantitative estimate of drug-likeness (QED) is 0.200. The Morgan fingerprint density at radius 2 is 1.36 bits per heavy atom. The van der Waals surface area contributed by atoms with Crippen molar-refractivity contribution in [2.24, 2.45) is 0 Å². The summed E-state index contributed by atoms with van der Waals surface area (Å²) < 4.78 is 7.35. The minimum Gasteiger partial charge on any atom is -0.308 e. The molecule has 0 unspecified atom stereocenters. The second kappa shape index (κ2) is 9.52. The minimum atomic E-state index is 0.947. The number of fused-ring (bicyclic) bond motifs is 9. The number of nitrogens with zero attached hydrogens (tertiary/aromatic N) is 3. The van der Waals surface area contributed by atoms with Gasteiger partial charge in [-0.15, -0.1) is 11.3 Å². The number of thiophene rings is 1. The molecule has 0 spiro atoms. The van der Waals surface area contributed by atoms with Gasteiger partial charge < -0.3 is 4.57 Å². The zero-order valence-corrected chi connectivity index (χ0v) is 25.3. The van der Waals surface area contributed by atoms with Gasteiger partial charge in [0.15, 0.2) is 0 Å². The first-order chi connectivity index (χ1) is 22.3. The Morgan fingerprint density at radius 1 is 0.600 bits per heavy atom. The number of para-hydroxylation sites is 2. The molecule has 3 nitrogen and oxygen atoms in total. The molecule has 0 amide bonds. The van der Waals surface area contributed by atoms with Crippen molar-refractivity contribution in [3.8, 4) is 22.6 Å². The van der Waals surface area contributed by atoms with Gasteiger partial charge in [0.25, 0.3) is 0 Å². The second-order valence-electron chi connectivity index (χ2n) is 11.9. The largest absolute Gasteiger partial charge is 0.308 e. The fraction of sp³-hybridized carbons (Fsp3) is 0.0488. The van der Waals surface area contributed by atoms with Crippen LogP contribution in [0.1, 0.15) is 17.7 Å². The van der Waals surface area contributed by atoms with E-state index < -0.39 is 0 Å². The minimum absolute atomic E-state index is 0.947. The number of allylic oxidation sites excluding steroid dienone is 1. The summed E-state index contributed by atoms with van der Waals surface area (Å²) in [7, 11) is 0. The fourth-order valence-electron chi connectivity index (χ4n) is 7.47. The monoisotopic (exact) mass is 593 g/mol. The summed E-state index contributed by atoms with van der Waals surface area (Å²) in [5.41, 5.74) is 9.85. The third kappa shape index (κ3) is 3.60.